The normalized spacial score (nSPS) is 20.6. The van der Waals surface area contributed by atoms with Crippen molar-refractivity contribution in [2.24, 2.45) is 5.92 Å². The van der Waals surface area contributed by atoms with Crippen LogP contribution in [-0.2, 0) is 16.6 Å². The summed E-state index contributed by atoms with van der Waals surface area (Å²) < 4.78 is 48.2. The highest BCUT2D eigenvalue weighted by Crippen LogP contribution is 2.34. The summed E-state index contributed by atoms with van der Waals surface area (Å²) in [6.45, 7) is 5.26. The fourth-order valence-corrected chi connectivity index (χ4v) is 5.92. The molecule has 0 fully saturated rings. The average Bonchev–Trinajstić information content (AvgIpc) is 2.82. The molecule has 1 aliphatic rings. The molecule has 0 radical (unpaired) electrons. The highest BCUT2D eigenvalue weighted by atomic mass is 32.2. The monoisotopic (exact) mass is 517 g/mol. The maximum Gasteiger partial charge on any atom is 0.247 e. The lowest BCUT2D eigenvalue weighted by atomic mass is 10.0. The lowest BCUT2D eigenvalue weighted by molar-refractivity contribution is 0.0733. The predicted molar refractivity (Wildman–Crippen MR) is 139 cm³/mol. The SMILES string of the molecule is C[C@@H]1CN([C@@H](C)CO)S(=O)(=O)c2ccc(C#CCN(C)C)cc2O[C@@H]1CN(C)Cc1ccc(F)cc1. The van der Waals surface area contributed by atoms with Gasteiger partial charge in [-0.1, -0.05) is 30.9 Å². The van der Waals surface area contributed by atoms with Gasteiger partial charge in [-0.3, -0.25) is 9.80 Å². The van der Waals surface area contributed by atoms with Crippen LogP contribution in [0.15, 0.2) is 47.4 Å². The van der Waals surface area contributed by atoms with Crippen LogP contribution < -0.4 is 4.74 Å². The molecule has 0 spiro atoms. The van der Waals surface area contributed by atoms with Crippen LogP contribution in [0.25, 0.3) is 0 Å². The number of aliphatic hydroxyl groups is 1. The third-order valence-corrected chi connectivity index (χ3v) is 8.17. The molecule has 0 saturated heterocycles. The first kappa shape index (κ1) is 28.1. The standard InChI is InChI=1S/C27H36FN3O4S/c1-20-16-31(21(2)19-32)36(33,34)27-13-10-22(7-6-14-29(3)4)15-25(27)35-26(20)18-30(5)17-23-8-11-24(28)12-9-23/h8-13,15,20-21,26,32H,14,16-19H2,1-5H3/t20-,21+,26-/m1/s1. The molecular formula is C27H36FN3O4S. The van der Waals surface area contributed by atoms with Gasteiger partial charge < -0.3 is 9.84 Å². The van der Waals surface area contributed by atoms with E-state index >= 15 is 0 Å². The van der Waals surface area contributed by atoms with E-state index in [1.165, 1.54) is 22.5 Å². The molecule has 36 heavy (non-hydrogen) atoms. The van der Waals surface area contributed by atoms with Gasteiger partial charge in [0.05, 0.1) is 13.2 Å². The smallest absolute Gasteiger partial charge is 0.247 e. The molecule has 0 bridgehead atoms. The van der Waals surface area contributed by atoms with Gasteiger partial charge in [-0.05, 0) is 64.0 Å². The zero-order chi connectivity index (χ0) is 26.5. The molecule has 1 aliphatic heterocycles. The molecule has 2 aromatic carbocycles. The van der Waals surface area contributed by atoms with Crippen LogP contribution in [0, 0.1) is 23.6 Å². The van der Waals surface area contributed by atoms with Crippen LogP contribution in [0.1, 0.15) is 25.0 Å². The van der Waals surface area contributed by atoms with E-state index in [2.05, 4.69) is 16.7 Å². The summed E-state index contributed by atoms with van der Waals surface area (Å²) in [4.78, 5) is 4.09. The number of rotatable bonds is 7. The van der Waals surface area contributed by atoms with E-state index in [4.69, 9.17) is 4.74 Å². The summed E-state index contributed by atoms with van der Waals surface area (Å²) in [5, 5.41) is 9.80. The van der Waals surface area contributed by atoms with E-state index in [9.17, 15) is 17.9 Å². The molecule has 0 aliphatic carbocycles. The molecule has 1 N–H and O–H groups in total. The van der Waals surface area contributed by atoms with Gasteiger partial charge in [0.25, 0.3) is 0 Å². The Morgan fingerprint density at radius 3 is 2.53 bits per heavy atom. The first-order chi connectivity index (χ1) is 17.0. The van der Waals surface area contributed by atoms with Gasteiger partial charge in [-0.15, -0.1) is 0 Å². The highest BCUT2D eigenvalue weighted by molar-refractivity contribution is 7.89. The van der Waals surface area contributed by atoms with Crippen molar-refractivity contribution in [2.45, 2.75) is 37.4 Å². The summed E-state index contributed by atoms with van der Waals surface area (Å²) in [6, 6.07) is 10.7. The second-order valence-electron chi connectivity index (χ2n) is 9.76. The van der Waals surface area contributed by atoms with E-state index in [0.717, 1.165) is 5.56 Å². The van der Waals surface area contributed by atoms with Crippen molar-refractivity contribution in [1.29, 1.82) is 0 Å². The Labute approximate surface area is 214 Å². The molecule has 9 heteroatoms. The number of fused-ring (bicyclic) bond motifs is 1. The van der Waals surface area contributed by atoms with Crippen LogP contribution in [-0.4, -0.2) is 87.2 Å². The summed E-state index contributed by atoms with van der Waals surface area (Å²) in [7, 11) is 1.91. The quantitative estimate of drug-likeness (QED) is 0.570. The van der Waals surface area contributed by atoms with Gasteiger partial charge in [0.2, 0.25) is 10.0 Å². The Morgan fingerprint density at radius 2 is 1.89 bits per heavy atom. The Balaban J connectivity index is 1.95. The van der Waals surface area contributed by atoms with Gasteiger partial charge in [0, 0.05) is 37.2 Å². The van der Waals surface area contributed by atoms with Crippen LogP contribution in [0.5, 0.6) is 5.75 Å². The van der Waals surface area contributed by atoms with Gasteiger partial charge in [-0.2, -0.15) is 4.31 Å². The van der Waals surface area contributed by atoms with Crippen LogP contribution in [0.4, 0.5) is 4.39 Å². The fraction of sp³-hybridized carbons (Fsp3) is 0.481. The third kappa shape index (κ3) is 7.05. The Morgan fingerprint density at radius 1 is 1.19 bits per heavy atom. The molecule has 1 heterocycles. The van der Waals surface area contributed by atoms with Crippen LogP contribution in [0.3, 0.4) is 0 Å². The van der Waals surface area contributed by atoms with Gasteiger partial charge in [0.15, 0.2) is 0 Å². The molecule has 2 aromatic rings. The highest BCUT2D eigenvalue weighted by Gasteiger charge is 2.38. The maximum absolute atomic E-state index is 13.6. The molecule has 0 saturated carbocycles. The number of aliphatic hydroxyl groups excluding tert-OH is 1. The molecule has 7 nitrogen and oxygen atoms in total. The van der Waals surface area contributed by atoms with E-state index in [1.54, 1.807) is 31.2 Å². The Hall–Kier alpha value is -2.48. The summed E-state index contributed by atoms with van der Waals surface area (Å²) in [5.74, 6) is 5.96. The van der Waals surface area contributed by atoms with Gasteiger partial charge >= 0.3 is 0 Å². The van der Waals surface area contributed by atoms with Crippen molar-refractivity contribution in [1.82, 2.24) is 14.1 Å². The number of halogens is 1. The molecule has 3 rings (SSSR count). The summed E-state index contributed by atoms with van der Waals surface area (Å²) >= 11 is 0. The van der Waals surface area contributed by atoms with Crippen molar-refractivity contribution >= 4 is 10.0 Å². The summed E-state index contributed by atoms with van der Waals surface area (Å²) in [6.07, 6.45) is -0.330. The maximum atomic E-state index is 13.6. The number of nitrogens with zero attached hydrogens (tertiary/aromatic N) is 3. The first-order valence-electron chi connectivity index (χ1n) is 12.0. The number of benzene rings is 2. The minimum atomic E-state index is -3.90. The average molecular weight is 518 g/mol. The fourth-order valence-electron chi connectivity index (χ4n) is 4.09. The molecule has 0 aromatic heterocycles. The van der Waals surface area contributed by atoms with Crippen molar-refractivity contribution in [3.8, 4) is 17.6 Å². The summed E-state index contributed by atoms with van der Waals surface area (Å²) in [5.41, 5.74) is 1.63. The molecule has 0 amide bonds. The van der Waals surface area contributed by atoms with E-state index in [-0.39, 0.29) is 41.6 Å². The van der Waals surface area contributed by atoms with Crippen molar-refractivity contribution < 1.29 is 22.7 Å². The lowest BCUT2D eigenvalue weighted by Crippen LogP contribution is -2.49. The number of sulfonamides is 1. The molecule has 196 valence electrons. The molecular weight excluding hydrogens is 481 g/mol. The molecule has 3 atom stereocenters. The van der Waals surface area contributed by atoms with Crippen LogP contribution in [0.2, 0.25) is 0 Å². The van der Waals surface area contributed by atoms with Gasteiger partial charge in [-0.25, -0.2) is 12.8 Å². The number of likely N-dealkylation sites (N-methyl/N-ethyl adjacent to an activating group) is 1. The van der Waals surface area contributed by atoms with Crippen molar-refractivity contribution in [3.05, 3.63) is 59.4 Å². The first-order valence-corrected chi connectivity index (χ1v) is 13.4. The number of hydrogen-bond donors (Lipinski definition) is 1. The Bertz CT molecular complexity index is 1190. The minimum Gasteiger partial charge on any atom is -0.487 e. The second-order valence-corrected chi connectivity index (χ2v) is 11.6. The number of hydrogen-bond acceptors (Lipinski definition) is 6. The topological polar surface area (TPSA) is 73.3 Å². The van der Waals surface area contributed by atoms with Gasteiger partial charge in [0.1, 0.15) is 22.6 Å². The third-order valence-electron chi connectivity index (χ3n) is 6.15. The van der Waals surface area contributed by atoms with E-state index in [0.29, 0.717) is 25.2 Å². The van der Waals surface area contributed by atoms with Crippen molar-refractivity contribution in [3.63, 3.8) is 0 Å². The largest absolute Gasteiger partial charge is 0.487 e. The van der Waals surface area contributed by atoms with Crippen LogP contribution >= 0.6 is 0 Å². The lowest BCUT2D eigenvalue weighted by Gasteiger charge is -2.37. The minimum absolute atomic E-state index is 0.0686. The zero-order valence-electron chi connectivity index (χ0n) is 21.6. The second kappa shape index (κ2) is 12.2. The molecule has 0 unspecified atom stereocenters. The predicted octanol–water partition coefficient (Wildman–Crippen LogP) is 2.64. The van der Waals surface area contributed by atoms with E-state index < -0.39 is 16.1 Å². The zero-order valence-corrected chi connectivity index (χ0v) is 22.4. The van der Waals surface area contributed by atoms with E-state index in [1.807, 2.05) is 33.0 Å². The number of ether oxygens (including phenoxy) is 1. The Kier molecular flexibility index (Phi) is 9.50. The van der Waals surface area contributed by atoms with Crippen molar-refractivity contribution in [2.75, 3.05) is 47.4 Å².